The molecule has 0 heterocycles. The zero-order chi connectivity index (χ0) is 19.3. The molecule has 26 heavy (non-hydrogen) atoms. The zero-order valence-corrected chi connectivity index (χ0v) is 16.4. The lowest BCUT2D eigenvalue weighted by atomic mass is 10.0. The third kappa shape index (κ3) is 4.68. The van der Waals surface area contributed by atoms with E-state index in [1.165, 1.54) is 14.2 Å². The molecule has 1 aliphatic rings. The number of hydrogen-bond acceptors (Lipinski definition) is 4. The van der Waals surface area contributed by atoms with Gasteiger partial charge in [-0.2, -0.15) is 0 Å². The number of rotatable bonds is 7. The molecular weight excluding hydrogens is 332 g/mol. The summed E-state index contributed by atoms with van der Waals surface area (Å²) < 4.78 is 10.4. The first-order chi connectivity index (χ1) is 12.4. The monoisotopic (exact) mass is 362 g/mol. The van der Waals surface area contributed by atoms with E-state index in [1.807, 2.05) is 25.8 Å². The fraction of sp³-hybridized carbons (Fsp3) is 0.600. The quantitative estimate of drug-likeness (QED) is 0.810. The Balaban J connectivity index is 2.16. The number of hydrogen-bond donors (Lipinski definition) is 1. The number of ether oxygens (including phenoxy) is 2. The van der Waals surface area contributed by atoms with Crippen molar-refractivity contribution in [2.24, 2.45) is 5.92 Å². The van der Waals surface area contributed by atoms with E-state index in [4.69, 9.17) is 9.47 Å². The summed E-state index contributed by atoms with van der Waals surface area (Å²) >= 11 is 0. The Morgan fingerprint density at radius 3 is 2.08 bits per heavy atom. The third-order valence-corrected chi connectivity index (χ3v) is 5.05. The summed E-state index contributed by atoms with van der Waals surface area (Å²) in [6.45, 7) is 3.88. The topological polar surface area (TPSA) is 67.9 Å². The van der Waals surface area contributed by atoms with Gasteiger partial charge >= 0.3 is 0 Å². The minimum Gasteiger partial charge on any atom is -0.497 e. The fourth-order valence-corrected chi connectivity index (χ4v) is 3.37. The number of benzene rings is 1. The fourth-order valence-electron chi connectivity index (χ4n) is 3.37. The van der Waals surface area contributed by atoms with Crippen LogP contribution in [0.2, 0.25) is 0 Å². The van der Waals surface area contributed by atoms with E-state index in [0.29, 0.717) is 17.1 Å². The van der Waals surface area contributed by atoms with Crippen molar-refractivity contribution in [2.75, 3.05) is 21.3 Å². The van der Waals surface area contributed by atoms with Crippen LogP contribution in [0.1, 0.15) is 49.9 Å². The summed E-state index contributed by atoms with van der Waals surface area (Å²) in [6.07, 6.45) is 4.39. The molecule has 0 bridgehead atoms. The SMILES string of the molecule is COc1cc(OC)cc(C(=O)N[C@H](C(=O)N(C)C2CCCC2)C(C)C)c1. The molecule has 1 saturated carbocycles. The molecule has 1 aromatic carbocycles. The van der Waals surface area contributed by atoms with Crippen LogP contribution < -0.4 is 14.8 Å². The van der Waals surface area contributed by atoms with Gasteiger partial charge in [0.2, 0.25) is 5.91 Å². The maximum atomic E-state index is 12.9. The normalized spacial score (nSPS) is 15.6. The van der Waals surface area contributed by atoms with Crippen molar-refractivity contribution in [3.8, 4) is 11.5 Å². The molecule has 144 valence electrons. The molecule has 1 fully saturated rings. The van der Waals surface area contributed by atoms with Gasteiger partial charge in [-0.1, -0.05) is 26.7 Å². The lowest BCUT2D eigenvalue weighted by Gasteiger charge is -2.31. The van der Waals surface area contributed by atoms with E-state index in [2.05, 4.69) is 5.32 Å². The first kappa shape index (κ1) is 20.1. The minimum absolute atomic E-state index is 0.0113. The molecule has 2 rings (SSSR count). The number of methoxy groups -OCH3 is 2. The van der Waals surface area contributed by atoms with Crippen molar-refractivity contribution >= 4 is 11.8 Å². The second-order valence-electron chi connectivity index (χ2n) is 7.18. The molecule has 6 nitrogen and oxygen atoms in total. The summed E-state index contributed by atoms with van der Waals surface area (Å²) in [5.41, 5.74) is 0.406. The van der Waals surface area contributed by atoms with Gasteiger partial charge in [0.05, 0.1) is 14.2 Å². The van der Waals surface area contributed by atoms with Crippen LogP contribution in [-0.4, -0.2) is 50.1 Å². The number of likely N-dealkylation sites (N-methyl/N-ethyl adjacent to an activating group) is 1. The predicted octanol–water partition coefficient (Wildman–Crippen LogP) is 2.86. The van der Waals surface area contributed by atoms with Gasteiger partial charge in [-0.15, -0.1) is 0 Å². The van der Waals surface area contributed by atoms with Crippen LogP contribution in [0.3, 0.4) is 0 Å². The molecule has 6 heteroatoms. The first-order valence-corrected chi connectivity index (χ1v) is 9.18. The van der Waals surface area contributed by atoms with E-state index in [9.17, 15) is 9.59 Å². The van der Waals surface area contributed by atoms with Crippen molar-refractivity contribution in [3.63, 3.8) is 0 Å². The molecule has 0 aliphatic heterocycles. The van der Waals surface area contributed by atoms with Gasteiger partial charge in [-0.3, -0.25) is 9.59 Å². The molecule has 1 atom stereocenters. The van der Waals surface area contributed by atoms with E-state index in [-0.39, 0.29) is 23.8 Å². The van der Waals surface area contributed by atoms with Crippen LogP contribution in [0.4, 0.5) is 0 Å². The van der Waals surface area contributed by atoms with E-state index in [1.54, 1.807) is 18.2 Å². The van der Waals surface area contributed by atoms with Crippen molar-refractivity contribution in [1.82, 2.24) is 10.2 Å². The van der Waals surface area contributed by atoms with Crippen molar-refractivity contribution in [1.29, 1.82) is 0 Å². The Morgan fingerprint density at radius 2 is 1.62 bits per heavy atom. The van der Waals surface area contributed by atoms with Gasteiger partial charge in [0, 0.05) is 24.7 Å². The average Bonchev–Trinajstić information content (AvgIpc) is 3.18. The van der Waals surface area contributed by atoms with Crippen molar-refractivity contribution in [2.45, 2.75) is 51.6 Å². The van der Waals surface area contributed by atoms with E-state index < -0.39 is 6.04 Å². The zero-order valence-electron chi connectivity index (χ0n) is 16.4. The summed E-state index contributed by atoms with van der Waals surface area (Å²) in [5, 5.41) is 2.90. The summed E-state index contributed by atoms with van der Waals surface area (Å²) in [4.78, 5) is 27.5. The third-order valence-electron chi connectivity index (χ3n) is 5.05. The van der Waals surface area contributed by atoms with Gasteiger partial charge in [-0.05, 0) is 30.9 Å². The largest absolute Gasteiger partial charge is 0.497 e. The highest BCUT2D eigenvalue weighted by Gasteiger charge is 2.31. The molecule has 1 aromatic rings. The molecule has 0 aromatic heterocycles. The van der Waals surface area contributed by atoms with Crippen LogP contribution >= 0.6 is 0 Å². The minimum atomic E-state index is -0.565. The van der Waals surface area contributed by atoms with Gasteiger partial charge in [-0.25, -0.2) is 0 Å². The molecule has 0 saturated heterocycles. The number of amides is 2. The average molecular weight is 362 g/mol. The molecule has 1 aliphatic carbocycles. The van der Waals surface area contributed by atoms with Gasteiger partial charge in [0.1, 0.15) is 17.5 Å². The van der Waals surface area contributed by atoms with E-state index >= 15 is 0 Å². The molecule has 1 N–H and O–H groups in total. The second-order valence-corrected chi connectivity index (χ2v) is 7.18. The molecular formula is C20H30N2O4. The van der Waals surface area contributed by atoms with Crippen LogP contribution in [0.5, 0.6) is 11.5 Å². The number of carbonyl (C=O) groups is 2. The van der Waals surface area contributed by atoms with Crippen LogP contribution in [0.25, 0.3) is 0 Å². The Bertz CT molecular complexity index is 616. The second kappa shape index (κ2) is 8.92. The summed E-state index contributed by atoms with van der Waals surface area (Å²) in [7, 11) is 4.91. The molecule has 0 unspecified atom stereocenters. The van der Waals surface area contributed by atoms with Gasteiger partial charge < -0.3 is 19.7 Å². The van der Waals surface area contributed by atoms with Gasteiger partial charge in [0.15, 0.2) is 0 Å². The highest BCUT2D eigenvalue weighted by molar-refractivity contribution is 5.98. The maximum Gasteiger partial charge on any atom is 0.252 e. The predicted molar refractivity (Wildman–Crippen MR) is 101 cm³/mol. The highest BCUT2D eigenvalue weighted by Crippen LogP contribution is 2.25. The molecule has 0 spiro atoms. The Morgan fingerprint density at radius 1 is 1.08 bits per heavy atom. The molecule has 0 radical (unpaired) electrons. The number of nitrogens with zero attached hydrogens (tertiary/aromatic N) is 1. The van der Waals surface area contributed by atoms with Crippen molar-refractivity contribution < 1.29 is 19.1 Å². The Labute approximate surface area is 155 Å². The Hall–Kier alpha value is -2.24. The van der Waals surface area contributed by atoms with Gasteiger partial charge in [0.25, 0.3) is 5.91 Å². The lowest BCUT2D eigenvalue weighted by molar-refractivity contribution is -0.135. The Kier molecular flexibility index (Phi) is 6.89. The molecule has 2 amide bonds. The summed E-state index contributed by atoms with van der Waals surface area (Å²) in [6, 6.07) is 4.69. The number of carbonyl (C=O) groups excluding carboxylic acids is 2. The van der Waals surface area contributed by atoms with Crippen molar-refractivity contribution in [3.05, 3.63) is 23.8 Å². The standard InChI is InChI=1S/C20H30N2O4/c1-13(2)18(20(24)22(3)15-8-6-7-9-15)21-19(23)14-10-16(25-4)12-17(11-14)26-5/h10-13,15,18H,6-9H2,1-5H3,(H,21,23)/t18-/m0/s1. The first-order valence-electron chi connectivity index (χ1n) is 9.18. The highest BCUT2D eigenvalue weighted by atomic mass is 16.5. The lowest BCUT2D eigenvalue weighted by Crippen LogP contribution is -2.52. The summed E-state index contributed by atoms with van der Waals surface area (Å²) in [5.74, 6) is 0.710. The van der Waals surface area contributed by atoms with Crippen LogP contribution in [0.15, 0.2) is 18.2 Å². The van der Waals surface area contributed by atoms with Crippen LogP contribution in [-0.2, 0) is 4.79 Å². The maximum absolute atomic E-state index is 12.9. The van der Waals surface area contributed by atoms with Crippen LogP contribution in [0, 0.1) is 5.92 Å². The van der Waals surface area contributed by atoms with E-state index in [0.717, 1.165) is 25.7 Å². The smallest absolute Gasteiger partial charge is 0.252 e. The number of nitrogens with one attached hydrogen (secondary N) is 1.